The molecule has 42 heavy (non-hydrogen) atoms. The Morgan fingerprint density at radius 2 is 1.86 bits per heavy atom. The van der Waals surface area contributed by atoms with Gasteiger partial charge in [0.15, 0.2) is 34.7 Å². The van der Waals surface area contributed by atoms with E-state index in [4.69, 9.17) is 5.73 Å². The lowest BCUT2D eigenvalue weighted by atomic mass is 9.52. The van der Waals surface area contributed by atoms with Crippen molar-refractivity contribution in [3.8, 4) is 5.75 Å². The van der Waals surface area contributed by atoms with Crippen molar-refractivity contribution < 1.29 is 39.1 Å². The summed E-state index contributed by atoms with van der Waals surface area (Å²) >= 11 is 0. The molecule has 13 heteroatoms. The van der Waals surface area contributed by atoms with Crippen LogP contribution < -0.4 is 10.6 Å². The van der Waals surface area contributed by atoms with Crippen molar-refractivity contribution in [2.45, 2.75) is 70.6 Å². The number of unbranched alkanes of at least 4 members (excludes halogenated alkanes) is 1. The number of primary amides is 1. The average molecular weight is 587 g/mol. The molecule has 0 aliphatic heterocycles. The highest BCUT2D eigenvalue weighted by molar-refractivity contribution is 6.32. The number of benzene rings is 1. The fourth-order valence-electron chi connectivity index (χ4n) is 7.16. The molecule has 0 saturated heterocycles. The number of fused-ring (bicyclic) bond motifs is 3. The van der Waals surface area contributed by atoms with E-state index in [2.05, 4.69) is 0 Å². The molecule has 4 rings (SSSR count). The maximum absolute atomic E-state index is 14.1. The maximum atomic E-state index is 14.1. The Bertz CT molecular complexity index is 1380. The molecule has 0 aromatic heterocycles. The van der Waals surface area contributed by atoms with Gasteiger partial charge in [-0.05, 0) is 58.2 Å². The van der Waals surface area contributed by atoms with Gasteiger partial charge in [0, 0.05) is 30.3 Å². The molecule has 3 aliphatic carbocycles. The smallest absolute Gasteiger partial charge is 0.313 e. The zero-order chi connectivity index (χ0) is 31.4. The molecule has 228 valence electrons. The molecule has 5 unspecified atom stereocenters. The van der Waals surface area contributed by atoms with Gasteiger partial charge in [0.1, 0.15) is 0 Å². The number of phenolic OH excluding ortho intramolecular Hbond substituents is 1. The molecule has 13 nitrogen and oxygen atoms in total. The maximum Gasteiger partial charge on any atom is 0.313 e. The van der Waals surface area contributed by atoms with Crippen LogP contribution >= 0.6 is 0 Å². The van der Waals surface area contributed by atoms with Crippen LogP contribution in [-0.4, -0.2) is 87.4 Å². The Morgan fingerprint density at radius 3 is 2.38 bits per heavy atom. The van der Waals surface area contributed by atoms with Crippen LogP contribution in [0.15, 0.2) is 6.07 Å². The summed E-state index contributed by atoms with van der Waals surface area (Å²) in [5.74, 6) is -12.2. The molecule has 0 heterocycles. The predicted molar refractivity (Wildman–Crippen MR) is 150 cm³/mol. The first-order valence-electron chi connectivity index (χ1n) is 14.3. The lowest BCUT2D eigenvalue weighted by Gasteiger charge is -2.52. The molecule has 2 fully saturated rings. The number of ketones is 4. The molecule has 1 aromatic rings. The average Bonchev–Trinajstić information content (AvgIpc) is 2.90. The van der Waals surface area contributed by atoms with E-state index in [0.717, 1.165) is 12.8 Å². The summed E-state index contributed by atoms with van der Waals surface area (Å²) in [6, 6.07) is -0.0242. The number of phenols is 1. The molecule has 1 amide bonds. The van der Waals surface area contributed by atoms with Crippen molar-refractivity contribution in [2.24, 2.45) is 29.4 Å². The Morgan fingerprint density at radius 1 is 1.21 bits per heavy atom. The molecular formula is C29H38N4O9. The van der Waals surface area contributed by atoms with Gasteiger partial charge in [-0.2, -0.15) is 0 Å². The van der Waals surface area contributed by atoms with Crippen LogP contribution in [0.1, 0.15) is 62.4 Å². The van der Waals surface area contributed by atoms with Gasteiger partial charge in [-0.1, -0.05) is 20.3 Å². The second-order valence-corrected chi connectivity index (χ2v) is 12.0. The van der Waals surface area contributed by atoms with Crippen molar-refractivity contribution in [1.29, 1.82) is 0 Å². The van der Waals surface area contributed by atoms with E-state index in [-0.39, 0.29) is 24.4 Å². The van der Waals surface area contributed by atoms with E-state index >= 15 is 0 Å². The highest BCUT2D eigenvalue weighted by Gasteiger charge is 2.69. The second kappa shape index (κ2) is 11.2. The Labute approximate surface area is 243 Å². The highest BCUT2D eigenvalue weighted by Crippen LogP contribution is 2.53. The summed E-state index contributed by atoms with van der Waals surface area (Å²) in [6.45, 7) is 6.45. The van der Waals surface area contributed by atoms with Crippen molar-refractivity contribution in [3.63, 3.8) is 0 Å². The molecule has 0 bridgehead atoms. The highest BCUT2D eigenvalue weighted by atomic mass is 16.6. The molecule has 1 aromatic carbocycles. The normalized spacial score (nSPS) is 29.5. The summed E-state index contributed by atoms with van der Waals surface area (Å²) in [6.07, 6.45) is 2.23. The largest absolute Gasteiger partial charge is 0.502 e. The van der Waals surface area contributed by atoms with Crippen LogP contribution in [0.2, 0.25) is 0 Å². The first kappa shape index (κ1) is 31.2. The van der Waals surface area contributed by atoms with Gasteiger partial charge in [0.25, 0.3) is 0 Å². The number of nitrogens with zero attached hydrogens (tertiary/aromatic N) is 3. The Balaban J connectivity index is 1.94. The number of carbonyl (C=O) groups excluding carboxylic acids is 5. The topological polar surface area (TPSA) is 201 Å². The summed E-state index contributed by atoms with van der Waals surface area (Å²) < 4.78 is 0. The number of Topliss-reactive ketones (excluding diaryl/α,β-unsaturated/α-hetero) is 4. The number of aliphatic hydroxyl groups is 1. The van der Waals surface area contributed by atoms with Crippen LogP contribution in [0, 0.1) is 33.8 Å². The molecule has 3 aliphatic rings. The van der Waals surface area contributed by atoms with E-state index in [1.54, 1.807) is 0 Å². The van der Waals surface area contributed by atoms with Crippen LogP contribution in [0.4, 0.5) is 11.4 Å². The molecule has 0 radical (unpaired) electrons. The number of nitro groups is 1. The predicted octanol–water partition coefficient (Wildman–Crippen LogP) is 1.18. The number of nitro benzene ring substituents is 1. The number of hydrogen-bond acceptors (Lipinski definition) is 11. The van der Waals surface area contributed by atoms with Gasteiger partial charge in [0.05, 0.1) is 22.4 Å². The number of hydrogen-bond donors (Lipinski definition) is 3. The summed E-state index contributed by atoms with van der Waals surface area (Å²) in [4.78, 5) is 81.6. The summed E-state index contributed by atoms with van der Waals surface area (Å²) in [5, 5.41) is 34.7. The fourth-order valence-corrected chi connectivity index (χ4v) is 7.16. The third kappa shape index (κ3) is 4.49. The van der Waals surface area contributed by atoms with E-state index in [9.17, 15) is 44.3 Å². The van der Waals surface area contributed by atoms with Crippen LogP contribution in [0.3, 0.4) is 0 Å². The van der Waals surface area contributed by atoms with E-state index in [1.165, 1.54) is 25.1 Å². The number of amides is 1. The number of aromatic hydroxyl groups is 1. The number of nitrogens with two attached hydrogens (primary N) is 1. The van der Waals surface area contributed by atoms with Gasteiger partial charge >= 0.3 is 5.69 Å². The first-order chi connectivity index (χ1) is 19.6. The molecule has 7 atom stereocenters. The van der Waals surface area contributed by atoms with E-state index in [0.29, 0.717) is 24.2 Å². The lowest BCUT2D eigenvalue weighted by molar-refractivity contribution is -0.385. The standard InChI is InChI=1S/C29H38N4O9/c1-6-8-9-32(13(3)7-2)17-12-18(33(41)42)23(34)20-15(17)10-14-11-16-22(31(4)5)25(36)21(28(30)39)27(38)29(16,40)26(37)19(14)24(20)35/h12-14,16,19,21-22,34,40H,6-11H2,1-5H3,(H2,30,39)/t13?,14?,16?,19?,21?,22-,29-/m0/s1. The van der Waals surface area contributed by atoms with E-state index < -0.39 is 80.7 Å². The molecular weight excluding hydrogens is 548 g/mol. The second-order valence-electron chi connectivity index (χ2n) is 12.0. The van der Waals surface area contributed by atoms with Crippen LogP contribution in [0.25, 0.3) is 0 Å². The van der Waals surface area contributed by atoms with Crippen LogP contribution in [-0.2, 0) is 25.6 Å². The minimum absolute atomic E-state index is 0.0335. The van der Waals surface area contributed by atoms with Crippen molar-refractivity contribution in [1.82, 2.24) is 4.90 Å². The monoisotopic (exact) mass is 586 g/mol. The SMILES string of the molecule is CCCCN(c1cc([N+](=O)[O-])c(O)c2c1CC1CC3[C@H](N(C)C)C(=O)C(C(N)=O)C(=O)[C@@]3(O)C(=O)C1C2=O)C(C)CC. The summed E-state index contributed by atoms with van der Waals surface area (Å²) in [5.41, 5.74) is 2.17. The van der Waals surface area contributed by atoms with Crippen molar-refractivity contribution in [3.05, 3.63) is 27.3 Å². The quantitative estimate of drug-likeness (QED) is 0.213. The number of rotatable bonds is 9. The van der Waals surface area contributed by atoms with Gasteiger partial charge in [0.2, 0.25) is 11.7 Å². The van der Waals surface area contributed by atoms with Crippen molar-refractivity contribution >= 4 is 40.4 Å². The third-order valence-corrected chi connectivity index (χ3v) is 9.40. The van der Waals surface area contributed by atoms with Gasteiger partial charge < -0.3 is 20.8 Å². The lowest BCUT2D eigenvalue weighted by Crippen LogP contribution is -2.74. The minimum atomic E-state index is -2.86. The Kier molecular flexibility index (Phi) is 8.31. The Hall–Kier alpha value is -3.71. The van der Waals surface area contributed by atoms with Crippen LogP contribution in [0.5, 0.6) is 5.75 Å². The van der Waals surface area contributed by atoms with Gasteiger partial charge in [-0.15, -0.1) is 0 Å². The number of anilines is 1. The number of carbonyl (C=O) groups is 5. The fraction of sp³-hybridized carbons (Fsp3) is 0.621. The minimum Gasteiger partial charge on any atom is -0.502 e. The first-order valence-corrected chi connectivity index (χ1v) is 14.3. The summed E-state index contributed by atoms with van der Waals surface area (Å²) in [7, 11) is 3.03. The van der Waals surface area contributed by atoms with Gasteiger partial charge in [-0.25, -0.2) is 0 Å². The molecule has 2 saturated carbocycles. The van der Waals surface area contributed by atoms with Crippen molar-refractivity contribution in [2.75, 3.05) is 25.5 Å². The third-order valence-electron chi connectivity index (χ3n) is 9.40. The molecule has 4 N–H and O–H groups in total. The molecule has 0 spiro atoms. The number of likely N-dealkylation sites (N-methyl/N-ethyl adjacent to an activating group) is 1. The van der Waals surface area contributed by atoms with E-state index in [1.807, 2.05) is 25.7 Å². The zero-order valence-corrected chi connectivity index (χ0v) is 24.5. The van der Waals surface area contributed by atoms with Gasteiger partial charge in [-0.3, -0.25) is 39.0 Å². The zero-order valence-electron chi connectivity index (χ0n) is 24.5.